The van der Waals surface area contributed by atoms with E-state index in [-0.39, 0.29) is 10.6 Å². The van der Waals surface area contributed by atoms with Crippen molar-refractivity contribution >= 4 is 26.9 Å². The van der Waals surface area contributed by atoms with Gasteiger partial charge in [-0.1, -0.05) is 6.92 Å². The SMILES string of the molecule is CCCS(=O)(=O)c1cscc1N. The normalized spacial score (nSPS) is 11.8. The molecule has 0 unspecified atom stereocenters. The van der Waals surface area contributed by atoms with Gasteiger partial charge >= 0.3 is 0 Å². The van der Waals surface area contributed by atoms with Gasteiger partial charge in [-0.3, -0.25) is 0 Å². The third kappa shape index (κ3) is 1.78. The predicted octanol–water partition coefficient (Wildman–Crippen LogP) is 1.51. The molecule has 0 radical (unpaired) electrons. The molecule has 0 aliphatic rings. The predicted molar refractivity (Wildman–Crippen MR) is 51.1 cm³/mol. The molecule has 0 aromatic carbocycles. The maximum atomic E-state index is 11.4. The summed E-state index contributed by atoms with van der Waals surface area (Å²) in [7, 11) is -3.11. The number of sulfone groups is 1. The Bertz CT molecular complexity index is 353. The summed E-state index contributed by atoms with van der Waals surface area (Å²) in [4.78, 5) is 0.286. The Morgan fingerprint density at radius 2 is 2.17 bits per heavy atom. The third-order valence-electron chi connectivity index (χ3n) is 1.46. The molecule has 0 saturated heterocycles. The van der Waals surface area contributed by atoms with Gasteiger partial charge in [-0.05, 0) is 6.42 Å². The van der Waals surface area contributed by atoms with Gasteiger partial charge in [-0.25, -0.2) is 8.42 Å². The molecule has 0 bridgehead atoms. The van der Waals surface area contributed by atoms with Crippen LogP contribution in [0.15, 0.2) is 15.7 Å². The number of hydrogen-bond acceptors (Lipinski definition) is 4. The standard InChI is InChI=1S/C7H11NO2S2/c1-2-3-12(9,10)7-5-11-4-6(7)8/h4-5H,2-3,8H2,1H3. The molecule has 0 fully saturated rings. The van der Waals surface area contributed by atoms with E-state index in [0.29, 0.717) is 12.1 Å². The average Bonchev–Trinajstić information content (AvgIpc) is 2.35. The molecule has 0 aliphatic carbocycles. The molecule has 0 saturated carbocycles. The summed E-state index contributed by atoms with van der Waals surface area (Å²) in [6.07, 6.45) is 0.623. The third-order valence-corrected chi connectivity index (χ3v) is 4.34. The summed E-state index contributed by atoms with van der Waals surface area (Å²) >= 11 is 1.31. The van der Waals surface area contributed by atoms with Gasteiger partial charge in [0, 0.05) is 10.8 Å². The molecule has 0 spiro atoms. The van der Waals surface area contributed by atoms with E-state index in [1.807, 2.05) is 6.92 Å². The Morgan fingerprint density at radius 1 is 1.50 bits per heavy atom. The zero-order chi connectivity index (χ0) is 9.19. The Morgan fingerprint density at radius 3 is 2.58 bits per heavy atom. The minimum Gasteiger partial charge on any atom is -0.397 e. The fourth-order valence-corrected chi connectivity index (χ4v) is 3.53. The molecule has 12 heavy (non-hydrogen) atoms. The van der Waals surface area contributed by atoms with E-state index in [0.717, 1.165) is 0 Å². The summed E-state index contributed by atoms with van der Waals surface area (Å²) in [6.45, 7) is 1.83. The summed E-state index contributed by atoms with van der Waals surface area (Å²) in [5.74, 6) is 0.175. The van der Waals surface area contributed by atoms with Gasteiger partial charge in [0.25, 0.3) is 0 Å². The van der Waals surface area contributed by atoms with Crippen LogP contribution in [0.4, 0.5) is 5.69 Å². The van der Waals surface area contributed by atoms with Crippen molar-refractivity contribution in [1.82, 2.24) is 0 Å². The molecule has 0 aliphatic heterocycles. The van der Waals surface area contributed by atoms with E-state index in [9.17, 15) is 8.42 Å². The fourth-order valence-electron chi connectivity index (χ4n) is 0.927. The second kappa shape index (κ2) is 3.45. The molecule has 68 valence electrons. The lowest BCUT2D eigenvalue weighted by molar-refractivity contribution is 0.595. The molecule has 2 N–H and O–H groups in total. The fraction of sp³-hybridized carbons (Fsp3) is 0.429. The smallest absolute Gasteiger partial charge is 0.181 e. The lowest BCUT2D eigenvalue weighted by Crippen LogP contribution is -2.06. The largest absolute Gasteiger partial charge is 0.397 e. The van der Waals surface area contributed by atoms with Crippen molar-refractivity contribution in [1.29, 1.82) is 0 Å². The zero-order valence-corrected chi connectivity index (χ0v) is 8.41. The lowest BCUT2D eigenvalue weighted by atomic mass is 10.6. The molecule has 3 nitrogen and oxygen atoms in total. The van der Waals surface area contributed by atoms with Crippen molar-refractivity contribution in [2.75, 3.05) is 11.5 Å². The first kappa shape index (κ1) is 9.54. The van der Waals surface area contributed by atoms with Gasteiger partial charge in [0.2, 0.25) is 0 Å². The first-order valence-electron chi connectivity index (χ1n) is 3.62. The zero-order valence-electron chi connectivity index (χ0n) is 6.78. The minimum atomic E-state index is -3.11. The molecular formula is C7H11NO2S2. The number of thiophene rings is 1. The molecular weight excluding hydrogens is 194 g/mol. The van der Waals surface area contributed by atoms with Crippen LogP contribution in [0.2, 0.25) is 0 Å². The molecule has 1 aromatic heterocycles. The molecule has 1 aromatic rings. The van der Waals surface area contributed by atoms with E-state index < -0.39 is 9.84 Å². The summed E-state index contributed by atoms with van der Waals surface area (Å²) in [5.41, 5.74) is 5.86. The highest BCUT2D eigenvalue weighted by Crippen LogP contribution is 2.23. The number of hydrogen-bond donors (Lipinski definition) is 1. The Kier molecular flexibility index (Phi) is 2.74. The maximum absolute atomic E-state index is 11.4. The van der Waals surface area contributed by atoms with Crippen LogP contribution in [0.25, 0.3) is 0 Å². The van der Waals surface area contributed by atoms with E-state index in [1.165, 1.54) is 11.3 Å². The highest BCUT2D eigenvalue weighted by Gasteiger charge is 2.16. The van der Waals surface area contributed by atoms with Crippen molar-refractivity contribution in [3.05, 3.63) is 10.8 Å². The van der Waals surface area contributed by atoms with Crippen LogP contribution in [-0.4, -0.2) is 14.2 Å². The van der Waals surface area contributed by atoms with Gasteiger partial charge < -0.3 is 5.73 Å². The molecule has 0 atom stereocenters. The number of anilines is 1. The van der Waals surface area contributed by atoms with Crippen LogP contribution in [-0.2, 0) is 9.84 Å². The van der Waals surface area contributed by atoms with Crippen LogP contribution in [0, 0.1) is 0 Å². The Labute approximate surface area is 76.1 Å². The van der Waals surface area contributed by atoms with Crippen LogP contribution >= 0.6 is 11.3 Å². The molecule has 5 heteroatoms. The minimum absolute atomic E-state index is 0.175. The highest BCUT2D eigenvalue weighted by molar-refractivity contribution is 7.91. The topological polar surface area (TPSA) is 60.2 Å². The first-order chi connectivity index (χ1) is 5.58. The lowest BCUT2D eigenvalue weighted by Gasteiger charge is -1.99. The first-order valence-corrected chi connectivity index (χ1v) is 6.22. The van der Waals surface area contributed by atoms with Gasteiger partial charge in [-0.2, -0.15) is 0 Å². The van der Waals surface area contributed by atoms with E-state index in [2.05, 4.69) is 0 Å². The number of nitrogen functional groups attached to an aromatic ring is 1. The van der Waals surface area contributed by atoms with Crippen LogP contribution in [0.3, 0.4) is 0 Å². The second-order valence-corrected chi connectivity index (χ2v) is 5.33. The van der Waals surface area contributed by atoms with E-state index >= 15 is 0 Å². The van der Waals surface area contributed by atoms with Gasteiger partial charge in [-0.15, -0.1) is 11.3 Å². The number of rotatable bonds is 3. The Hall–Kier alpha value is -0.550. The second-order valence-electron chi connectivity index (χ2n) is 2.51. The highest BCUT2D eigenvalue weighted by atomic mass is 32.2. The average molecular weight is 205 g/mol. The van der Waals surface area contributed by atoms with Crippen LogP contribution < -0.4 is 5.73 Å². The Balaban J connectivity index is 3.06. The van der Waals surface area contributed by atoms with Gasteiger partial charge in [0.15, 0.2) is 9.84 Å². The van der Waals surface area contributed by atoms with Crippen molar-refractivity contribution in [3.8, 4) is 0 Å². The quantitative estimate of drug-likeness (QED) is 0.813. The summed E-state index contributed by atoms with van der Waals surface area (Å²) in [5, 5.41) is 3.23. The van der Waals surface area contributed by atoms with Gasteiger partial charge in [0.05, 0.1) is 11.4 Å². The van der Waals surface area contributed by atoms with Crippen molar-refractivity contribution in [2.45, 2.75) is 18.2 Å². The molecule has 1 heterocycles. The van der Waals surface area contributed by atoms with Crippen molar-refractivity contribution in [2.24, 2.45) is 0 Å². The van der Waals surface area contributed by atoms with Crippen molar-refractivity contribution in [3.63, 3.8) is 0 Å². The number of nitrogens with two attached hydrogens (primary N) is 1. The summed E-state index contributed by atoms with van der Waals surface area (Å²) in [6, 6.07) is 0. The van der Waals surface area contributed by atoms with Crippen molar-refractivity contribution < 1.29 is 8.42 Å². The van der Waals surface area contributed by atoms with E-state index in [1.54, 1.807) is 10.8 Å². The molecule has 0 amide bonds. The van der Waals surface area contributed by atoms with Crippen LogP contribution in [0.1, 0.15) is 13.3 Å². The summed E-state index contributed by atoms with van der Waals surface area (Å²) < 4.78 is 22.9. The maximum Gasteiger partial charge on any atom is 0.181 e. The monoisotopic (exact) mass is 205 g/mol. The van der Waals surface area contributed by atoms with E-state index in [4.69, 9.17) is 5.73 Å². The van der Waals surface area contributed by atoms with Gasteiger partial charge in [0.1, 0.15) is 4.90 Å². The molecule has 1 rings (SSSR count). The van der Waals surface area contributed by atoms with Crippen LogP contribution in [0.5, 0.6) is 0 Å².